The molecule has 33 heavy (non-hydrogen) atoms. The van der Waals surface area contributed by atoms with E-state index in [2.05, 4.69) is 25.6 Å². The van der Waals surface area contributed by atoms with E-state index >= 15 is 0 Å². The van der Waals surface area contributed by atoms with Crippen molar-refractivity contribution in [1.29, 1.82) is 0 Å². The lowest BCUT2D eigenvalue weighted by atomic mass is 9.97. The molecule has 5 rings (SSSR count). The Kier molecular flexibility index (Phi) is 5.27. The smallest absolute Gasteiger partial charge is 0.337 e. The van der Waals surface area contributed by atoms with Crippen LogP contribution in [-0.2, 0) is 6.54 Å². The zero-order chi connectivity index (χ0) is 22.8. The van der Waals surface area contributed by atoms with Crippen LogP contribution >= 0.6 is 0 Å². The summed E-state index contributed by atoms with van der Waals surface area (Å²) >= 11 is 0. The Morgan fingerprint density at radius 3 is 2.64 bits per heavy atom. The molecule has 0 spiro atoms. The van der Waals surface area contributed by atoms with Crippen molar-refractivity contribution in [3.05, 3.63) is 77.9 Å². The van der Waals surface area contributed by atoms with E-state index in [-0.39, 0.29) is 5.56 Å². The highest BCUT2D eigenvalue weighted by atomic mass is 16.5. The first-order valence-corrected chi connectivity index (χ1v) is 10.4. The maximum Gasteiger partial charge on any atom is 0.337 e. The molecule has 0 fully saturated rings. The topological polar surface area (TPSA) is 119 Å². The molecule has 0 amide bonds. The van der Waals surface area contributed by atoms with Gasteiger partial charge in [0.25, 0.3) is 6.01 Å². The summed E-state index contributed by atoms with van der Waals surface area (Å²) in [6, 6.07) is 21.4. The Morgan fingerprint density at radius 2 is 1.91 bits per heavy atom. The lowest BCUT2D eigenvalue weighted by molar-refractivity contribution is 0.0698. The number of aromatic carboxylic acids is 1. The van der Waals surface area contributed by atoms with Gasteiger partial charge >= 0.3 is 5.97 Å². The van der Waals surface area contributed by atoms with Crippen molar-refractivity contribution < 1.29 is 14.6 Å². The maximum atomic E-state index is 11.9. The van der Waals surface area contributed by atoms with Gasteiger partial charge in [0, 0.05) is 5.56 Å². The van der Waals surface area contributed by atoms with Gasteiger partial charge in [0.15, 0.2) is 5.82 Å². The van der Waals surface area contributed by atoms with Crippen molar-refractivity contribution in [2.45, 2.75) is 13.5 Å². The van der Waals surface area contributed by atoms with Crippen LogP contribution in [0.1, 0.15) is 22.8 Å². The highest BCUT2D eigenvalue weighted by molar-refractivity contribution is 6.01. The molecule has 2 heterocycles. The normalized spacial score (nSPS) is 11.1. The molecule has 0 aliphatic carbocycles. The lowest BCUT2D eigenvalue weighted by Crippen LogP contribution is -2.08. The number of imidazole rings is 1. The van der Waals surface area contributed by atoms with Gasteiger partial charge in [-0.2, -0.15) is 4.98 Å². The number of para-hydroxylation sites is 1. The van der Waals surface area contributed by atoms with Gasteiger partial charge in [0.05, 0.1) is 29.7 Å². The van der Waals surface area contributed by atoms with E-state index < -0.39 is 5.97 Å². The molecule has 0 saturated heterocycles. The molecular weight excluding hydrogens is 420 g/mol. The number of carbonyl (C=O) groups is 1. The molecule has 2 N–H and O–H groups in total. The zero-order valence-corrected chi connectivity index (χ0v) is 17.8. The largest absolute Gasteiger partial charge is 0.478 e. The van der Waals surface area contributed by atoms with Crippen molar-refractivity contribution in [3.8, 4) is 28.5 Å². The third-order valence-electron chi connectivity index (χ3n) is 5.35. The molecule has 0 radical (unpaired) electrons. The maximum absolute atomic E-state index is 11.9. The fourth-order valence-corrected chi connectivity index (χ4v) is 3.93. The van der Waals surface area contributed by atoms with E-state index in [4.69, 9.17) is 4.74 Å². The summed E-state index contributed by atoms with van der Waals surface area (Å²) in [6.45, 7) is 2.64. The van der Waals surface area contributed by atoms with E-state index in [1.807, 2.05) is 55.5 Å². The van der Waals surface area contributed by atoms with Crippen molar-refractivity contribution in [3.63, 3.8) is 0 Å². The van der Waals surface area contributed by atoms with E-state index in [1.165, 1.54) is 0 Å². The summed E-state index contributed by atoms with van der Waals surface area (Å²) in [5.41, 5.74) is 5.02. The molecule has 2 aromatic heterocycles. The van der Waals surface area contributed by atoms with Crippen LogP contribution in [-0.4, -0.2) is 47.9 Å². The zero-order valence-electron chi connectivity index (χ0n) is 17.8. The summed E-state index contributed by atoms with van der Waals surface area (Å²) in [5, 5.41) is 24.1. The molecule has 3 aromatic carbocycles. The van der Waals surface area contributed by atoms with Crippen LogP contribution in [0.5, 0.6) is 6.01 Å². The summed E-state index contributed by atoms with van der Waals surface area (Å²) in [5.74, 6) is -0.472. The van der Waals surface area contributed by atoms with Crippen LogP contribution in [0.15, 0.2) is 66.7 Å². The molecule has 0 aliphatic rings. The molecule has 5 aromatic rings. The van der Waals surface area contributed by atoms with Gasteiger partial charge in [-0.25, -0.2) is 9.89 Å². The molecule has 0 saturated carbocycles. The van der Waals surface area contributed by atoms with Gasteiger partial charge in [-0.1, -0.05) is 48.5 Å². The van der Waals surface area contributed by atoms with Crippen LogP contribution in [0.25, 0.3) is 33.5 Å². The molecule has 164 valence electrons. The van der Waals surface area contributed by atoms with Crippen LogP contribution in [0.2, 0.25) is 0 Å². The molecule has 0 unspecified atom stereocenters. The minimum absolute atomic E-state index is 0.173. The number of benzene rings is 3. The summed E-state index contributed by atoms with van der Waals surface area (Å²) in [6.07, 6.45) is 0. The van der Waals surface area contributed by atoms with Crippen molar-refractivity contribution in [1.82, 2.24) is 30.2 Å². The van der Waals surface area contributed by atoms with Gasteiger partial charge in [0.1, 0.15) is 0 Å². The number of aromatic amines is 1. The average molecular weight is 440 g/mol. The number of tetrazole rings is 1. The van der Waals surface area contributed by atoms with E-state index in [0.717, 1.165) is 22.3 Å². The van der Waals surface area contributed by atoms with Gasteiger partial charge in [-0.05, 0) is 52.2 Å². The molecular formula is C24H20N6O3. The summed E-state index contributed by atoms with van der Waals surface area (Å²) < 4.78 is 7.54. The highest BCUT2D eigenvalue weighted by Crippen LogP contribution is 2.32. The number of aromatic nitrogens is 6. The Labute approximate surface area is 188 Å². The third kappa shape index (κ3) is 3.80. The first-order valence-electron chi connectivity index (χ1n) is 10.4. The standard InChI is InChI=1S/C24H20N6O3/c1-2-33-24-25-20-10-6-9-18(23(31)32)21(20)30(24)14-15-11-12-17(16-7-4-3-5-8-16)19(13-15)22-26-28-29-27-22/h3-13H,2,14H2,1H3,(H,31,32)(H,26,27,28,29). The molecule has 0 atom stereocenters. The van der Waals surface area contributed by atoms with Crippen LogP contribution < -0.4 is 4.74 Å². The molecule has 9 nitrogen and oxygen atoms in total. The first-order chi connectivity index (χ1) is 16.2. The van der Waals surface area contributed by atoms with Crippen molar-refractivity contribution in [2.75, 3.05) is 6.61 Å². The van der Waals surface area contributed by atoms with Gasteiger partial charge in [-0.3, -0.25) is 4.57 Å². The second kappa shape index (κ2) is 8.54. The van der Waals surface area contributed by atoms with E-state index in [9.17, 15) is 9.90 Å². The summed E-state index contributed by atoms with van der Waals surface area (Å²) in [4.78, 5) is 16.4. The molecule has 0 aliphatic heterocycles. The summed E-state index contributed by atoms with van der Waals surface area (Å²) in [7, 11) is 0. The number of fused-ring (bicyclic) bond motifs is 1. The van der Waals surface area contributed by atoms with Crippen molar-refractivity contribution in [2.24, 2.45) is 0 Å². The minimum atomic E-state index is -1.02. The quantitative estimate of drug-likeness (QED) is 0.392. The van der Waals surface area contributed by atoms with Crippen LogP contribution in [0.4, 0.5) is 0 Å². The number of nitrogens with one attached hydrogen (secondary N) is 1. The SMILES string of the molecule is CCOc1nc2cccc(C(=O)O)c2n1Cc1ccc(-c2ccccc2)c(-c2nnn[nH]2)c1. The number of carboxylic acids is 1. The highest BCUT2D eigenvalue weighted by Gasteiger charge is 2.20. The minimum Gasteiger partial charge on any atom is -0.478 e. The number of carboxylic acid groups (broad SMARTS) is 1. The Hall–Kier alpha value is -4.53. The predicted molar refractivity (Wildman–Crippen MR) is 122 cm³/mol. The van der Waals surface area contributed by atoms with Gasteiger partial charge in [0.2, 0.25) is 0 Å². The number of hydrogen-bond acceptors (Lipinski definition) is 6. The number of nitrogens with zero attached hydrogens (tertiary/aromatic N) is 5. The fraction of sp³-hybridized carbons (Fsp3) is 0.125. The van der Waals surface area contributed by atoms with Gasteiger partial charge in [-0.15, -0.1) is 5.10 Å². The Morgan fingerprint density at radius 1 is 1.06 bits per heavy atom. The average Bonchev–Trinajstić information content (AvgIpc) is 3.48. The second-order valence-corrected chi connectivity index (χ2v) is 7.39. The molecule has 9 heteroatoms. The van der Waals surface area contributed by atoms with Gasteiger partial charge < -0.3 is 9.84 Å². The van der Waals surface area contributed by atoms with Crippen LogP contribution in [0, 0.1) is 0 Å². The number of rotatable bonds is 7. The number of H-pyrrole nitrogens is 1. The van der Waals surface area contributed by atoms with Crippen molar-refractivity contribution >= 4 is 17.0 Å². The second-order valence-electron chi connectivity index (χ2n) is 7.39. The number of ether oxygens (including phenoxy) is 1. The predicted octanol–water partition coefficient (Wildman–Crippen LogP) is 4.03. The molecule has 0 bridgehead atoms. The Balaban J connectivity index is 1.65. The lowest BCUT2D eigenvalue weighted by Gasteiger charge is -2.13. The Bertz CT molecular complexity index is 1430. The van der Waals surface area contributed by atoms with Crippen LogP contribution in [0.3, 0.4) is 0 Å². The third-order valence-corrected chi connectivity index (χ3v) is 5.35. The monoisotopic (exact) mass is 440 g/mol. The van der Waals surface area contributed by atoms with E-state index in [1.54, 1.807) is 22.8 Å². The first kappa shape index (κ1) is 20.4. The fourth-order valence-electron chi connectivity index (χ4n) is 3.93. The number of hydrogen-bond donors (Lipinski definition) is 2. The van der Waals surface area contributed by atoms with E-state index in [0.29, 0.717) is 36.0 Å².